The van der Waals surface area contributed by atoms with E-state index in [1.807, 2.05) is 0 Å². The highest BCUT2D eigenvalue weighted by Crippen LogP contribution is 2.13. The maximum atomic E-state index is 11.3. The van der Waals surface area contributed by atoms with Crippen LogP contribution in [0.15, 0.2) is 0 Å². The van der Waals surface area contributed by atoms with E-state index >= 15 is 0 Å². The van der Waals surface area contributed by atoms with Crippen molar-refractivity contribution in [3.63, 3.8) is 0 Å². The number of sulfone groups is 1. The van der Waals surface area contributed by atoms with Gasteiger partial charge in [0.05, 0.1) is 11.0 Å². The van der Waals surface area contributed by atoms with Gasteiger partial charge in [-0.15, -0.1) is 0 Å². The average Bonchev–Trinajstić information content (AvgIpc) is 1.94. The second kappa shape index (κ2) is 3.34. The fourth-order valence-corrected chi connectivity index (χ4v) is 2.76. The summed E-state index contributed by atoms with van der Waals surface area (Å²) in [5.74, 6) is 0.326. The van der Waals surface area contributed by atoms with Crippen LogP contribution in [0.5, 0.6) is 0 Å². The quantitative estimate of drug-likeness (QED) is 0.606. The molecule has 0 N–H and O–H groups in total. The van der Waals surface area contributed by atoms with Gasteiger partial charge in [0, 0.05) is 19.1 Å². The first-order valence-corrected chi connectivity index (χ1v) is 6.10. The first-order valence-electron chi connectivity index (χ1n) is 4.39. The molecule has 0 aromatic heterocycles. The minimum Gasteiger partial charge on any atom is -0.299 e. The van der Waals surface area contributed by atoms with E-state index in [0.29, 0.717) is 24.9 Å². The molecule has 1 aliphatic heterocycles. The molecule has 0 saturated carbocycles. The Hall–Kier alpha value is -0.0900. The van der Waals surface area contributed by atoms with Gasteiger partial charge in [0.2, 0.25) is 0 Å². The molecule has 0 bridgehead atoms. The van der Waals surface area contributed by atoms with Crippen molar-refractivity contribution in [3.8, 4) is 0 Å². The zero-order valence-electron chi connectivity index (χ0n) is 7.95. The molecule has 1 fully saturated rings. The van der Waals surface area contributed by atoms with Crippen molar-refractivity contribution in [2.24, 2.45) is 0 Å². The molecule has 1 rings (SSSR count). The second-order valence-electron chi connectivity index (χ2n) is 3.77. The fourth-order valence-electron chi connectivity index (χ4n) is 1.45. The Morgan fingerprint density at radius 3 is 2.42 bits per heavy atom. The van der Waals surface area contributed by atoms with Crippen LogP contribution in [0.3, 0.4) is 0 Å². The molecule has 1 heterocycles. The van der Waals surface area contributed by atoms with E-state index in [-0.39, 0.29) is 5.25 Å². The monoisotopic (exact) mass is 191 g/mol. The molecule has 0 aliphatic carbocycles. The van der Waals surface area contributed by atoms with Crippen molar-refractivity contribution < 1.29 is 8.42 Å². The molecule has 0 aromatic rings. The Labute approximate surface area is 74.7 Å². The lowest BCUT2D eigenvalue weighted by atomic mass is 10.3. The Bertz CT molecular complexity index is 246. The summed E-state index contributed by atoms with van der Waals surface area (Å²) in [6.07, 6.45) is 0. The van der Waals surface area contributed by atoms with Crippen molar-refractivity contribution in [2.75, 3.05) is 18.8 Å². The average molecular weight is 191 g/mol. The highest BCUT2D eigenvalue weighted by atomic mass is 32.2. The van der Waals surface area contributed by atoms with E-state index in [4.69, 9.17) is 0 Å². The van der Waals surface area contributed by atoms with Gasteiger partial charge in [-0.05, 0) is 20.8 Å². The fraction of sp³-hybridized carbons (Fsp3) is 1.00. The molecule has 72 valence electrons. The van der Waals surface area contributed by atoms with E-state index < -0.39 is 9.84 Å². The maximum absolute atomic E-state index is 11.3. The number of hydrogen-bond donors (Lipinski definition) is 0. The van der Waals surface area contributed by atoms with E-state index in [1.54, 1.807) is 6.92 Å². The van der Waals surface area contributed by atoms with Crippen LogP contribution in [0.4, 0.5) is 0 Å². The Kier molecular flexibility index (Phi) is 2.78. The number of nitrogens with zero attached hydrogens (tertiary/aromatic N) is 1. The van der Waals surface area contributed by atoms with Gasteiger partial charge < -0.3 is 0 Å². The van der Waals surface area contributed by atoms with Gasteiger partial charge in [-0.3, -0.25) is 4.90 Å². The summed E-state index contributed by atoms with van der Waals surface area (Å²) in [5, 5.41) is -0.186. The van der Waals surface area contributed by atoms with Crippen LogP contribution >= 0.6 is 0 Å². The minimum atomic E-state index is -2.77. The van der Waals surface area contributed by atoms with Crippen molar-refractivity contribution in [3.05, 3.63) is 0 Å². The SMILES string of the molecule is CC(C)N1CCS(=O)(=O)[C@@H](C)C1. The van der Waals surface area contributed by atoms with Crippen molar-refractivity contribution in [1.29, 1.82) is 0 Å². The Morgan fingerprint density at radius 2 is 2.00 bits per heavy atom. The third kappa shape index (κ3) is 1.98. The van der Waals surface area contributed by atoms with Gasteiger partial charge in [-0.2, -0.15) is 0 Å². The number of hydrogen-bond acceptors (Lipinski definition) is 3. The summed E-state index contributed by atoms with van der Waals surface area (Å²) in [7, 11) is -2.77. The van der Waals surface area contributed by atoms with Crippen molar-refractivity contribution >= 4 is 9.84 Å². The zero-order chi connectivity index (χ0) is 9.35. The van der Waals surface area contributed by atoms with Crippen LogP contribution in [-0.4, -0.2) is 43.5 Å². The maximum Gasteiger partial charge on any atom is 0.155 e. The highest BCUT2D eigenvalue weighted by molar-refractivity contribution is 7.92. The molecule has 1 aliphatic rings. The largest absolute Gasteiger partial charge is 0.299 e. The van der Waals surface area contributed by atoms with Gasteiger partial charge in [-0.25, -0.2) is 8.42 Å². The summed E-state index contributed by atoms with van der Waals surface area (Å²) in [4.78, 5) is 2.21. The molecule has 1 atom stereocenters. The molecular formula is C8H17NO2S. The molecule has 1 saturated heterocycles. The van der Waals surface area contributed by atoms with Gasteiger partial charge in [0.25, 0.3) is 0 Å². The minimum absolute atomic E-state index is 0.186. The molecule has 0 radical (unpaired) electrons. The summed E-state index contributed by atoms with van der Waals surface area (Å²) in [6, 6.07) is 0.461. The first kappa shape index (κ1) is 9.99. The van der Waals surface area contributed by atoms with Crippen molar-refractivity contribution in [1.82, 2.24) is 4.90 Å². The summed E-state index contributed by atoms with van der Waals surface area (Å²) >= 11 is 0. The van der Waals surface area contributed by atoms with Crippen LogP contribution in [0, 0.1) is 0 Å². The molecule has 4 heteroatoms. The summed E-state index contributed by atoms with van der Waals surface area (Å²) in [6.45, 7) is 7.39. The molecule has 0 aromatic carbocycles. The Morgan fingerprint density at radius 1 is 1.42 bits per heavy atom. The first-order chi connectivity index (χ1) is 5.43. The molecule has 12 heavy (non-hydrogen) atoms. The second-order valence-corrected chi connectivity index (χ2v) is 6.30. The van der Waals surface area contributed by atoms with Crippen LogP contribution in [0.2, 0.25) is 0 Å². The van der Waals surface area contributed by atoms with E-state index in [9.17, 15) is 8.42 Å². The van der Waals surface area contributed by atoms with Crippen LogP contribution in [0.25, 0.3) is 0 Å². The smallest absolute Gasteiger partial charge is 0.155 e. The van der Waals surface area contributed by atoms with E-state index in [1.165, 1.54) is 0 Å². The summed E-state index contributed by atoms with van der Waals surface area (Å²) in [5.41, 5.74) is 0. The highest BCUT2D eigenvalue weighted by Gasteiger charge is 2.29. The van der Waals surface area contributed by atoms with Gasteiger partial charge in [0.1, 0.15) is 0 Å². The molecule has 3 nitrogen and oxygen atoms in total. The third-order valence-corrected chi connectivity index (χ3v) is 4.62. The van der Waals surface area contributed by atoms with E-state index in [0.717, 1.165) is 0 Å². The van der Waals surface area contributed by atoms with Gasteiger partial charge >= 0.3 is 0 Å². The van der Waals surface area contributed by atoms with Crippen molar-refractivity contribution in [2.45, 2.75) is 32.1 Å². The standard InChI is InChI=1S/C8H17NO2S/c1-7(2)9-4-5-12(10,11)8(3)6-9/h7-8H,4-6H2,1-3H3/t8-/m0/s1. The van der Waals surface area contributed by atoms with E-state index in [2.05, 4.69) is 18.7 Å². The third-order valence-electron chi connectivity index (χ3n) is 2.50. The normalized spacial score (nSPS) is 30.8. The molecule has 0 amide bonds. The van der Waals surface area contributed by atoms with Gasteiger partial charge in [-0.1, -0.05) is 0 Å². The molecule has 0 unspecified atom stereocenters. The lowest BCUT2D eigenvalue weighted by Gasteiger charge is -2.33. The molecular weight excluding hydrogens is 174 g/mol. The topological polar surface area (TPSA) is 37.4 Å². The predicted molar refractivity (Wildman–Crippen MR) is 50.0 cm³/mol. The van der Waals surface area contributed by atoms with Gasteiger partial charge in [0.15, 0.2) is 9.84 Å². The lowest BCUT2D eigenvalue weighted by molar-refractivity contribution is 0.226. The Balaban J connectivity index is 2.64. The molecule has 0 spiro atoms. The summed E-state index contributed by atoms with van der Waals surface area (Å²) < 4.78 is 22.6. The van der Waals surface area contributed by atoms with Crippen LogP contribution in [-0.2, 0) is 9.84 Å². The number of rotatable bonds is 1. The van der Waals surface area contributed by atoms with Crippen LogP contribution < -0.4 is 0 Å². The zero-order valence-corrected chi connectivity index (χ0v) is 8.76. The predicted octanol–water partition coefficient (Wildman–Crippen LogP) is 0.514. The lowest BCUT2D eigenvalue weighted by Crippen LogP contribution is -2.48. The van der Waals surface area contributed by atoms with Crippen LogP contribution in [0.1, 0.15) is 20.8 Å².